The second-order valence-electron chi connectivity index (χ2n) is 5.97. The molecule has 20 heavy (non-hydrogen) atoms. The Labute approximate surface area is 124 Å². The molecule has 0 unspecified atom stereocenters. The summed E-state index contributed by atoms with van der Waals surface area (Å²) in [5.41, 5.74) is 1.28. The number of nitrogens with zero attached hydrogens (tertiary/aromatic N) is 1. The van der Waals surface area contributed by atoms with Gasteiger partial charge in [0.2, 0.25) is 0 Å². The average Bonchev–Trinajstić information content (AvgIpc) is 2.41. The summed E-state index contributed by atoms with van der Waals surface area (Å²) in [6, 6.07) is 4.81. The van der Waals surface area contributed by atoms with Crippen molar-refractivity contribution < 1.29 is 9.90 Å². The summed E-state index contributed by atoms with van der Waals surface area (Å²) in [6.45, 7) is 5.37. The molecule has 1 aromatic carbocycles. The lowest BCUT2D eigenvalue weighted by molar-refractivity contribution is 0.0697. The van der Waals surface area contributed by atoms with Gasteiger partial charge in [0.25, 0.3) is 0 Å². The Morgan fingerprint density at radius 2 is 2.10 bits per heavy atom. The van der Waals surface area contributed by atoms with Gasteiger partial charge >= 0.3 is 5.97 Å². The van der Waals surface area contributed by atoms with Crippen molar-refractivity contribution in [2.45, 2.75) is 19.8 Å². The first-order valence-electron chi connectivity index (χ1n) is 6.85. The number of hydrogen-bond acceptors (Lipinski definition) is 3. The van der Waals surface area contributed by atoms with Crippen LogP contribution in [0.1, 0.15) is 30.1 Å². The number of carbonyl (C=O) groups is 1. The molecule has 5 heteroatoms. The monoisotopic (exact) mass is 296 g/mol. The molecule has 2 rings (SSSR count). The molecule has 1 aromatic rings. The Morgan fingerprint density at radius 1 is 1.45 bits per heavy atom. The van der Waals surface area contributed by atoms with Crippen LogP contribution in [-0.2, 0) is 0 Å². The normalized spacial score (nSPS) is 18.8. The number of nitrogens with one attached hydrogen (secondary N) is 1. The fourth-order valence-electron chi connectivity index (χ4n) is 2.44. The topological polar surface area (TPSA) is 52.6 Å². The van der Waals surface area contributed by atoms with Crippen molar-refractivity contribution in [1.29, 1.82) is 0 Å². The van der Waals surface area contributed by atoms with Crippen LogP contribution in [0.25, 0.3) is 0 Å². The lowest BCUT2D eigenvalue weighted by atomic mass is 9.80. The zero-order valence-corrected chi connectivity index (χ0v) is 12.7. The SMILES string of the molecule is CN1CCC(C)(CNc2ccc(C(=O)O)cc2Cl)CC1. The molecule has 1 aliphatic rings. The van der Waals surface area contributed by atoms with Gasteiger partial charge in [0, 0.05) is 6.54 Å². The molecule has 1 heterocycles. The first-order chi connectivity index (χ1) is 9.39. The van der Waals surface area contributed by atoms with Gasteiger partial charge in [-0.15, -0.1) is 0 Å². The molecule has 0 radical (unpaired) electrons. The Morgan fingerprint density at radius 3 is 2.65 bits per heavy atom. The summed E-state index contributed by atoms with van der Waals surface area (Å²) in [5.74, 6) is -0.958. The maximum Gasteiger partial charge on any atom is 0.335 e. The third-order valence-corrected chi connectivity index (χ3v) is 4.43. The minimum Gasteiger partial charge on any atom is -0.478 e. The van der Waals surface area contributed by atoms with E-state index in [1.807, 2.05) is 0 Å². The zero-order chi connectivity index (χ0) is 14.8. The van der Waals surface area contributed by atoms with Crippen LogP contribution < -0.4 is 5.32 Å². The number of carboxylic acids is 1. The zero-order valence-electron chi connectivity index (χ0n) is 11.9. The van der Waals surface area contributed by atoms with E-state index in [0.29, 0.717) is 5.02 Å². The molecule has 0 saturated carbocycles. The summed E-state index contributed by atoms with van der Waals surface area (Å²) in [5, 5.41) is 12.7. The van der Waals surface area contributed by atoms with E-state index < -0.39 is 5.97 Å². The van der Waals surface area contributed by atoms with Crippen LogP contribution in [0.3, 0.4) is 0 Å². The van der Waals surface area contributed by atoms with E-state index in [1.54, 1.807) is 12.1 Å². The van der Waals surface area contributed by atoms with Crippen LogP contribution in [0.4, 0.5) is 5.69 Å². The minimum absolute atomic E-state index is 0.214. The van der Waals surface area contributed by atoms with E-state index in [4.69, 9.17) is 16.7 Å². The van der Waals surface area contributed by atoms with Crippen LogP contribution in [0.15, 0.2) is 18.2 Å². The van der Waals surface area contributed by atoms with Gasteiger partial charge in [0.1, 0.15) is 0 Å². The summed E-state index contributed by atoms with van der Waals surface area (Å²) in [6.07, 6.45) is 2.31. The van der Waals surface area contributed by atoms with Gasteiger partial charge in [0.15, 0.2) is 0 Å². The molecule has 0 bridgehead atoms. The summed E-state index contributed by atoms with van der Waals surface area (Å²) < 4.78 is 0. The van der Waals surface area contributed by atoms with Crippen LogP contribution in [0, 0.1) is 5.41 Å². The summed E-state index contributed by atoms with van der Waals surface area (Å²) in [7, 11) is 2.15. The van der Waals surface area contributed by atoms with Crippen molar-refractivity contribution in [3.63, 3.8) is 0 Å². The van der Waals surface area contributed by atoms with Crippen molar-refractivity contribution in [2.24, 2.45) is 5.41 Å². The van der Waals surface area contributed by atoms with Crippen LogP contribution in [-0.4, -0.2) is 42.7 Å². The number of hydrogen-bond donors (Lipinski definition) is 2. The molecule has 4 nitrogen and oxygen atoms in total. The average molecular weight is 297 g/mol. The third-order valence-electron chi connectivity index (χ3n) is 4.12. The Bertz CT molecular complexity index is 497. The second-order valence-corrected chi connectivity index (χ2v) is 6.37. The van der Waals surface area contributed by atoms with Gasteiger partial charge in [-0.3, -0.25) is 0 Å². The maximum atomic E-state index is 10.9. The first-order valence-corrected chi connectivity index (χ1v) is 7.23. The molecule has 0 aromatic heterocycles. The van der Waals surface area contributed by atoms with Gasteiger partial charge in [-0.25, -0.2) is 4.79 Å². The van der Waals surface area contributed by atoms with Crippen LogP contribution in [0.2, 0.25) is 5.02 Å². The van der Waals surface area contributed by atoms with E-state index >= 15 is 0 Å². The van der Waals surface area contributed by atoms with E-state index in [2.05, 4.69) is 24.2 Å². The number of piperidine rings is 1. The van der Waals surface area contributed by atoms with Gasteiger partial charge < -0.3 is 15.3 Å². The van der Waals surface area contributed by atoms with E-state index in [-0.39, 0.29) is 11.0 Å². The molecule has 0 aliphatic carbocycles. The van der Waals surface area contributed by atoms with E-state index in [9.17, 15) is 4.79 Å². The Kier molecular flexibility index (Phi) is 4.55. The number of benzene rings is 1. The molecule has 110 valence electrons. The highest BCUT2D eigenvalue weighted by Gasteiger charge is 2.28. The fourth-order valence-corrected chi connectivity index (χ4v) is 2.68. The first kappa shape index (κ1) is 15.1. The second kappa shape index (κ2) is 6.02. The van der Waals surface area contributed by atoms with Crippen molar-refractivity contribution in [3.8, 4) is 0 Å². The molecule has 0 amide bonds. The van der Waals surface area contributed by atoms with Gasteiger partial charge in [-0.05, 0) is 56.6 Å². The molecule has 1 saturated heterocycles. The highest BCUT2D eigenvalue weighted by Crippen LogP contribution is 2.32. The van der Waals surface area contributed by atoms with Crippen LogP contribution in [0.5, 0.6) is 0 Å². The number of likely N-dealkylation sites (tertiary alicyclic amines) is 1. The van der Waals surface area contributed by atoms with E-state index in [1.165, 1.54) is 6.07 Å². The molecule has 0 atom stereocenters. The van der Waals surface area contributed by atoms with Crippen molar-refractivity contribution >= 4 is 23.3 Å². The molecule has 0 spiro atoms. The lowest BCUT2D eigenvalue weighted by Crippen LogP contribution is -2.40. The standard InChI is InChI=1S/C15H21ClN2O2/c1-15(5-7-18(2)8-6-15)10-17-13-4-3-11(14(19)20)9-12(13)16/h3-4,9,17H,5-8,10H2,1-2H3,(H,19,20). The minimum atomic E-state index is -0.958. The van der Waals surface area contributed by atoms with Crippen molar-refractivity contribution in [2.75, 3.05) is 32.0 Å². The molecule has 2 N–H and O–H groups in total. The quantitative estimate of drug-likeness (QED) is 0.896. The number of halogens is 1. The molecular weight excluding hydrogens is 276 g/mol. The predicted octanol–water partition coefficient (Wildman–Crippen LogP) is 3.18. The number of aromatic carboxylic acids is 1. The Hall–Kier alpha value is -1.26. The van der Waals surface area contributed by atoms with Gasteiger partial charge in [-0.1, -0.05) is 18.5 Å². The number of rotatable bonds is 4. The fraction of sp³-hybridized carbons (Fsp3) is 0.533. The molecular formula is C15H21ClN2O2. The van der Waals surface area contributed by atoms with E-state index in [0.717, 1.165) is 38.2 Å². The van der Waals surface area contributed by atoms with Crippen molar-refractivity contribution in [1.82, 2.24) is 4.90 Å². The molecule has 1 fully saturated rings. The van der Waals surface area contributed by atoms with Gasteiger partial charge in [-0.2, -0.15) is 0 Å². The highest BCUT2D eigenvalue weighted by atomic mass is 35.5. The van der Waals surface area contributed by atoms with Crippen LogP contribution >= 0.6 is 11.6 Å². The lowest BCUT2D eigenvalue weighted by Gasteiger charge is -2.38. The summed E-state index contributed by atoms with van der Waals surface area (Å²) in [4.78, 5) is 13.2. The highest BCUT2D eigenvalue weighted by molar-refractivity contribution is 6.33. The Balaban J connectivity index is 1.99. The predicted molar refractivity (Wildman–Crippen MR) is 81.7 cm³/mol. The maximum absolute atomic E-state index is 10.9. The smallest absolute Gasteiger partial charge is 0.335 e. The number of carboxylic acid groups (broad SMARTS) is 1. The number of anilines is 1. The van der Waals surface area contributed by atoms with Gasteiger partial charge in [0.05, 0.1) is 16.3 Å². The third kappa shape index (κ3) is 3.64. The summed E-state index contributed by atoms with van der Waals surface area (Å²) >= 11 is 6.13. The largest absolute Gasteiger partial charge is 0.478 e. The molecule has 1 aliphatic heterocycles. The van der Waals surface area contributed by atoms with Crippen molar-refractivity contribution in [3.05, 3.63) is 28.8 Å².